The summed E-state index contributed by atoms with van der Waals surface area (Å²) in [5.74, 6) is 1.32. The summed E-state index contributed by atoms with van der Waals surface area (Å²) in [6.45, 7) is 0. The van der Waals surface area contributed by atoms with Crippen LogP contribution in [0.5, 0.6) is 11.5 Å². The number of aryl methyl sites for hydroxylation is 1. The van der Waals surface area contributed by atoms with Crippen molar-refractivity contribution in [2.75, 3.05) is 14.2 Å². The standard InChI is InChI=1S/C21H22N2O3/c1-25-13-10-11-17-16(12-13)14-7-5-8-18(20(14)22-17)23-21(24)15-6-3-4-9-19(15)26-2/h3-4,6,9-12,18,22H,5,7-8H2,1-2H3,(H,23,24). The van der Waals surface area contributed by atoms with E-state index in [1.165, 1.54) is 10.9 Å². The van der Waals surface area contributed by atoms with Gasteiger partial charge in [0, 0.05) is 16.6 Å². The molecule has 2 N–H and O–H groups in total. The molecule has 1 heterocycles. The van der Waals surface area contributed by atoms with Crippen LogP contribution in [-0.2, 0) is 6.42 Å². The molecular weight excluding hydrogens is 328 g/mol. The zero-order valence-electron chi connectivity index (χ0n) is 15.0. The summed E-state index contributed by atoms with van der Waals surface area (Å²) in [4.78, 5) is 16.3. The fraction of sp³-hybridized carbons (Fsp3) is 0.286. The van der Waals surface area contributed by atoms with E-state index in [0.29, 0.717) is 11.3 Å². The number of ether oxygens (including phenoxy) is 2. The number of methoxy groups -OCH3 is 2. The summed E-state index contributed by atoms with van der Waals surface area (Å²) in [7, 11) is 3.26. The molecule has 0 saturated heterocycles. The highest BCUT2D eigenvalue weighted by atomic mass is 16.5. The molecule has 134 valence electrons. The van der Waals surface area contributed by atoms with Gasteiger partial charge in [0.1, 0.15) is 11.5 Å². The number of benzene rings is 2. The van der Waals surface area contributed by atoms with E-state index >= 15 is 0 Å². The molecule has 0 fully saturated rings. The Kier molecular flexibility index (Phi) is 4.29. The molecule has 26 heavy (non-hydrogen) atoms. The molecule has 3 aromatic rings. The minimum Gasteiger partial charge on any atom is -0.497 e. The van der Waals surface area contributed by atoms with Gasteiger partial charge in [0.15, 0.2) is 0 Å². The number of hydrogen-bond donors (Lipinski definition) is 2. The lowest BCUT2D eigenvalue weighted by atomic mass is 9.91. The molecule has 1 aliphatic carbocycles. The molecule has 5 nitrogen and oxygen atoms in total. The van der Waals surface area contributed by atoms with Gasteiger partial charge in [-0.3, -0.25) is 4.79 Å². The van der Waals surface area contributed by atoms with Crippen molar-refractivity contribution >= 4 is 16.8 Å². The molecule has 1 amide bonds. The van der Waals surface area contributed by atoms with E-state index < -0.39 is 0 Å². The average molecular weight is 350 g/mol. The third kappa shape index (κ3) is 2.79. The van der Waals surface area contributed by atoms with Crippen molar-refractivity contribution in [2.24, 2.45) is 0 Å². The van der Waals surface area contributed by atoms with Gasteiger partial charge in [0.05, 0.1) is 25.8 Å². The lowest BCUT2D eigenvalue weighted by molar-refractivity contribution is 0.0929. The Morgan fingerprint density at radius 1 is 1.15 bits per heavy atom. The number of aromatic amines is 1. The molecule has 1 aromatic heterocycles. The summed E-state index contributed by atoms with van der Waals surface area (Å²) in [5.41, 5.74) is 4.01. The third-order valence-corrected chi connectivity index (χ3v) is 5.07. The van der Waals surface area contributed by atoms with Gasteiger partial charge in [-0.25, -0.2) is 0 Å². The predicted octanol–water partition coefficient (Wildman–Crippen LogP) is 3.99. The number of rotatable bonds is 4. The second kappa shape index (κ2) is 6.75. The zero-order chi connectivity index (χ0) is 18.1. The van der Waals surface area contributed by atoms with Crippen LogP contribution < -0.4 is 14.8 Å². The number of carbonyl (C=O) groups is 1. The first-order valence-electron chi connectivity index (χ1n) is 8.83. The van der Waals surface area contributed by atoms with Crippen LogP contribution in [0.2, 0.25) is 0 Å². The molecular formula is C21H22N2O3. The molecule has 0 bridgehead atoms. The highest BCUT2D eigenvalue weighted by molar-refractivity contribution is 5.97. The largest absolute Gasteiger partial charge is 0.497 e. The molecule has 0 saturated carbocycles. The molecule has 1 aliphatic rings. The van der Waals surface area contributed by atoms with Crippen LogP contribution >= 0.6 is 0 Å². The molecule has 0 aliphatic heterocycles. The van der Waals surface area contributed by atoms with Crippen molar-refractivity contribution in [3.63, 3.8) is 0 Å². The van der Waals surface area contributed by atoms with E-state index in [0.717, 1.165) is 36.2 Å². The van der Waals surface area contributed by atoms with Crippen LogP contribution in [0.3, 0.4) is 0 Å². The van der Waals surface area contributed by atoms with Crippen LogP contribution in [0.15, 0.2) is 42.5 Å². The Labute approximate surface area is 152 Å². The van der Waals surface area contributed by atoms with E-state index in [-0.39, 0.29) is 11.9 Å². The van der Waals surface area contributed by atoms with Crippen LogP contribution in [0.1, 0.15) is 40.5 Å². The number of hydrogen-bond acceptors (Lipinski definition) is 3. The number of amides is 1. The Morgan fingerprint density at radius 3 is 2.81 bits per heavy atom. The quantitative estimate of drug-likeness (QED) is 0.748. The number of carbonyl (C=O) groups excluding carboxylic acids is 1. The van der Waals surface area contributed by atoms with Gasteiger partial charge < -0.3 is 19.8 Å². The molecule has 5 heteroatoms. The molecule has 0 radical (unpaired) electrons. The topological polar surface area (TPSA) is 63.3 Å². The van der Waals surface area contributed by atoms with E-state index in [4.69, 9.17) is 9.47 Å². The number of fused-ring (bicyclic) bond motifs is 3. The number of nitrogens with one attached hydrogen (secondary N) is 2. The normalized spacial score (nSPS) is 16.2. The maximum Gasteiger partial charge on any atom is 0.255 e. The van der Waals surface area contributed by atoms with Crippen molar-refractivity contribution in [1.29, 1.82) is 0 Å². The van der Waals surface area contributed by atoms with Crippen molar-refractivity contribution in [3.05, 3.63) is 59.3 Å². The van der Waals surface area contributed by atoms with E-state index in [9.17, 15) is 4.79 Å². The van der Waals surface area contributed by atoms with Gasteiger partial charge in [0.2, 0.25) is 0 Å². The van der Waals surface area contributed by atoms with Crippen LogP contribution in [0.25, 0.3) is 10.9 Å². The summed E-state index contributed by atoms with van der Waals surface area (Å²) >= 11 is 0. The first-order chi connectivity index (χ1) is 12.7. The molecule has 1 atom stereocenters. The van der Waals surface area contributed by atoms with Gasteiger partial charge in [-0.05, 0) is 55.2 Å². The number of para-hydroxylation sites is 1. The summed E-state index contributed by atoms with van der Waals surface area (Å²) in [6.07, 6.45) is 2.95. The number of aromatic nitrogens is 1. The van der Waals surface area contributed by atoms with Gasteiger partial charge in [-0.2, -0.15) is 0 Å². The zero-order valence-corrected chi connectivity index (χ0v) is 15.0. The summed E-state index contributed by atoms with van der Waals surface area (Å²) in [6, 6.07) is 13.3. The van der Waals surface area contributed by atoms with Crippen molar-refractivity contribution < 1.29 is 14.3 Å². The van der Waals surface area contributed by atoms with E-state index in [1.807, 2.05) is 24.3 Å². The fourth-order valence-corrected chi connectivity index (χ4v) is 3.78. The molecule has 2 aromatic carbocycles. The SMILES string of the molecule is COc1ccc2[nH]c3c(c2c1)CCCC3NC(=O)c1ccccc1OC. The van der Waals surface area contributed by atoms with Gasteiger partial charge in [-0.1, -0.05) is 12.1 Å². The average Bonchev–Trinajstić information content (AvgIpc) is 3.06. The Balaban J connectivity index is 1.67. The van der Waals surface area contributed by atoms with Crippen molar-refractivity contribution in [2.45, 2.75) is 25.3 Å². The smallest absolute Gasteiger partial charge is 0.255 e. The molecule has 1 unspecified atom stereocenters. The Hall–Kier alpha value is -2.95. The van der Waals surface area contributed by atoms with Gasteiger partial charge in [0.25, 0.3) is 5.91 Å². The van der Waals surface area contributed by atoms with Crippen LogP contribution in [0.4, 0.5) is 0 Å². The molecule has 4 rings (SSSR count). The Bertz CT molecular complexity index is 961. The summed E-state index contributed by atoms with van der Waals surface area (Å²) in [5, 5.41) is 4.35. The third-order valence-electron chi connectivity index (χ3n) is 5.07. The maximum atomic E-state index is 12.8. The monoisotopic (exact) mass is 350 g/mol. The Morgan fingerprint density at radius 2 is 2.00 bits per heavy atom. The fourth-order valence-electron chi connectivity index (χ4n) is 3.78. The maximum absolute atomic E-state index is 12.8. The molecule has 0 spiro atoms. The van der Waals surface area contributed by atoms with Gasteiger partial charge >= 0.3 is 0 Å². The van der Waals surface area contributed by atoms with Crippen molar-refractivity contribution in [3.8, 4) is 11.5 Å². The highest BCUT2D eigenvalue weighted by Crippen LogP contribution is 2.36. The second-order valence-corrected chi connectivity index (χ2v) is 6.55. The van der Waals surface area contributed by atoms with Crippen LogP contribution in [-0.4, -0.2) is 25.1 Å². The minimum atomic E-state index is -0.114. The van der Waals surface area contributed by atoms with Crippen molar-refractivity contribution in [1.82, 2.24) is 10.3 Å². The predicted molar refractivity (Wildman–Crippen MR) is 101 cm³/mol. The minimum absolute atomic E-state index is 0.0328. The van der Waals surface area contributed by atoms with E-state index in [2.05, 4.69) is 16.4 Å². The van der Waals surface area contributed by atoms with E-state index in [1.54, 1.807) is 26.4 Å². The van der Waals surface area contributed by atoms with Crippen LogP contribution in [0, 0.1) is 0 Å². The highest BCUT2D eigenvalue weighted by Gasteiger charge is 2.26. The first kappa shape index (κ1) is 16.5. The summed E-state index contributed by atoms with van der Waals surface area (Å²) < 4.78 is 10.7. The van der Waals surface area contributed by atoms with Gasteiger partial charge in [-0.15, -0.1) is 0 Å². The second-order valence-electron chi connectivity index (χ2n) is 6.55. The lowest BCUT2D eigenvalue weighted by Gasteiger charge is -2.24. The first-order valence-corrected chi connectivity index (χ1v) is 8.83. The number of H-pyrrole nitrogens is 1. The lowest BCUT2D eigenvalue weighted by Crippen LogP contribution is -2.31.